The second-order valence-corrected chi connectivity index (χ2v) is 7.76. The first kappa shape index (κ1) is 15.2. The van der Waals surface area contributed by atoms with Crippen LogP contribution in [0.4, 0.5) is 0 Å². The monoisotopic (exact) mass is 313 g/mol. The highest BCUT2D eigenvalue weighted by Crippen LogP contribution is 2.48. The molecule has 0 radical (unpaired) electrons. The lowest BCUT2D eigenvalue weighted by molar-refractivity contribution is -0.127. The van der Waals surface area contributed by atoms with Crippen molar-refractivity contribution in [3.63, 3.8) is 0 Å². The van der Waals surface area contributed by atoms with E-state index in [1.807, 2.05) is 0 Å². The lowest BCUT2D eigenvalue weighted by atomic mass is 9.74. The highest BCUT2D eigenvalue weighted by atomic mass is 16.5. The number of fused-ring (bicyclic) bond motifs is 2. The molecular weight excluding hydrogens is 286 g/mol. The van der Waals surface area contributed by atoms with E-state index in [9.17, 15) is 4.79 Å². The third-order valence-corrected chi connectivity index (χ3v) is 6.51. The van der Waals surface area contributed by atoms with Crippen molar-refractivity contribution in [2.45, 2.75) is 43.9 Å². The molecule has 0 spiro atoms. The summed E-state index contributed by atoms with van der Waals surface area (Å²) in [6.45, 7) is 2.34. The lowest BCUT2D eigenvalue weighted by Crippen LogP contribution is -2.46. The van der Waals surface area contributed by atoms with Gasteiger partial charge in [-0.3, -0.25) is 4.79 Å². The maximum absolute atomic E-state index is 12.7. The molecule has 0 aromatic heterocycles. The summed E-state index contributed by atoms with van der Waals surface area (Å²) in [6.07, 6.45) is 7.01. The molecule has 4 rings (SSSR count). The van der Waals surface area contributed by atoms with Crippen LogP contribution in [-0.2, 0) is 14.9 Å². The van der Waals surface area contributed by atoms with Crippen LogP contribution in [0.25, 0.3) is 0 Å². The third kappa shape index (κ3) is 2.91. The number of ether oxygens (including phenoxy) is 1. The molecule has 3 heteroatoms. The zero-order valence-electron chi connectivity index (χ0n) is 13.8. The predicted molar refractivity (Wildman–Crippen MR) is 90.1 cm³/mol. The van der Waals surface area contributed by atoms with Crippen LogP contribution in [0.5, 0.6) is 0 Å². The Morgan fingerprint density at radius 3 is 2.57 bits per heavy atom. The van der Waals surface area contributed by atoms with E-state index in [4.69, 9.17) is 4.74 Å². The van der Waals surface area contributed by atoms with Crippen molar-refractivity contribution in [1.82, 2.24) is 5.32 Å². The Bertz CT molecular complexity index is 550. The normalized spacial score (nSPS) is 31.9. The summed E-state index contributed by atoms with van der Waals surface area (Å²) in [7, 11) is 0. The molecule has 3 atom stereocenters. The van der Waals surface area contributed by atoms with E-state index in [0.29, 0.717) is 11.8 Å². The van der Waals surface area contributed by atoms with Gasteiger partial charge in [0.2, 0.25) is 5.91 Å². The zero-order chi connectivity index (χ0) is 15.7. The van der Waals surface area contributed by atoms with Gasteiger partial charge in [-0.15, -0.1) is 0 Å². The Balaban J connectivity index is 1.45. The second kappa shape index (κ2) is 6.27. The fraction of sp³-hybridized carbons (Fsp3) is 0.650. The van der Waals surface area contributed by atoms with Crippen molar-refractivity contribution in [2.24, 2.45) is 17.8 Å². The van der Waals surface area contributed by atoms with Crippen LogP contribution < -0.4 is 5.32 Å². The first-order valence-electron chi connectivity index (χ1n) is 9.18. The zero-order valence-corrected chi connectivity index (χ0v) is 13.8. The van der Waals surface area contributed by atoms with Crippen LogP contribution in [0.1, 0.15) is 44.1 Å². The number of carbonyl (C=O) groups excluding carboxylic acids is 1. The summed E-state index contributed by atoms with van der Waals surface area (Å²) in [5, 5.41) is 3.32. The molecule has 1 aromatic rings. The van der Waals surface area contributed by atoms with Gasteiger partial charge >= 0.3 is 0 Å². The predicted octanol–water partition coefficient (Wildman–Crippen LogP) is 3.29. The van der Waals surface area contributed by atoms with Crippen molar-refractivity contribution in [3.05, 3.63) is 35.9 Å². The van der Waals surface area contributed by atoms with Gasteiger partial charge in [0.05, 0.1) is 0 Å². The summed E-state index contributed by atoms with van der Waals surface area (Å²) in [5.41, 5.74) is 1.39. The summed E-state index contributed by atoms with van der Waals surface area (Å²) in [4.78, 5) is 12.7. The maximum Gasteiger partial charge on any atom is 0.223 e. The van der Waals surface area contributed by atoms with Gasteiger partial charge in [-0.2, -0.15) is 0 Å². The fourth-order valence-corrected chi connectivity index (χ4v) is 5.07. The van der Waals surface area contributed by atoms with Crippen molar-refractivity contribution < 1.29 is 9.53 Å². The molecule has 1 N–H and O–H groups in total. The molecule has 2 saturated carbocycles. The van der Waals surface area contributed by atoms with Crippen LogP contribution in [0.2, 0.25) is 0 Å². The summed E-state index contributed by atoms with van der Waals surface area (Å²) >= 11 is 0. The van der Waals surface area contributed by atoms with Crippen LogP contribution in [-0.4, -0.2) is 25.7 Å². The highest BCUT2D eigenvalue weighted by Gasteiger charge is 2.43. The molecule has 3 aliphatic rings. The van der Waals surface area contributed by atoms with E-state index in [-0.39, 0.29) is 11.3 Å². The number of amides is 1. The van der Waals surface area contributed by atoms with E-state index in [1.165, 1.54) is 24.8 Å². The summed E-state index contributed by atoms with van der Waals surface area (Å²) in [5.74, 6) is 2.06. The Labute approximate surface area is 138 Å². The highest BCUT2D eigenvalue weighted by molar-refractivity contribution is 5.79. The molecule has 0 unspecified atom stereocenters. The molecular formula is C20H27NO2. The van der Waals surface area contributed by atoms with Gasteiger partial charge < -0.3 is 10.1 Å². The molecule has 1 amide bonds. The van der Waals surface area contributed by atoms with E-state index < -0.39 is 0 Å². The summed E-state index contributed by atoms with van der Waals surface area (Å²) < 4.78 is 5.58. The molecule has 3 fully saturated rings. The number of nitrogens with one attached hydrogen (secondary N) is 1. The van der Waals surface area contributed by atoms with Gasteiger partial charge in [0.25, 0.3) is 0 Å². The van der Waals surface area contributed by atoms with Crippen LogP contribution in [0, 0.1) is 17.8 Å². The van der Waals surface area contributed by atoms with Crippen molar-refractivity contribution in [2.75, 3.05) is 19.8 Å². The van der Waals surface area contributed by atoms with Gasteiger partial charge in [0.15, 0.2) is 0 Å². The largest absolute Gasteiger partial charge is 0.381 e. The summed E-state index contributed by atoms with van der Waals surface area (Å²) in [6, 6.07) is 10.7. The van der Waals surface area contributed by atoms with Gasteiger partial charge in [-0.25, -0.2) is 0 Å². The number of hydrogen-bond acceptors (Lipinski definition) is 2. The van der Waals surface area contributed by atoms with E-state index in [2.05, 4.69) is 35.6 Å². The molecule has 2 aliphatic carbocycles. The van der Waals surface area contributed by atoms with Crippen molar-refractivity contribution >= 4 is 5.91 Å². The Kier molecular flexibility index (Phi) is 4.14. The molecule has 23 heavy (non-hydrogen) atoms. The molecule has 3 nitrogen and oxygen atoms in total. The van der Waals surface area contributed by atoms with Crippen LogP contribution >= 0.6 is 0 Å². The number of carbonyl (C=O) groups is 1. The topological polar surface area (TPSA) is 38.3 Å². The molecule has 1 heterocycles. The first-order chi connectivity index (χ1) is 11.3. The minimum atomic E-state index is 0.0484. The second-order valence-electron chi connectivity index (χ2n) is 7.76. The van der Waals surface area contributed by atoms with Gasteiger partial charge in [0.1, 0.15) is 0 Å². The number of benzene rings is 1. The van der Waals surface area contributed by atoms with Gasteiger partial charge in [-0.05, 0) is 49.5 Å². The quantitative estimate of drug-likeness (QED) is 0.926. The average molecular weight is 313 g/mol. The van der Waals surface area contributed by atoms with Crippen LogP contribution in [0.3, 0.4) is 0 Å². The van der Waals surface area contributed by atoms with E-state index in [1.54, 1.807) is 0 Å². The first-order valence-corrected chi connectivity index (χ1v) is 9.18. The van der Waals surface area contributed by atoms with Gasteiger partial charge in [0, 0.05) is 31.1 Å². The molecule has 1 saturated heterocycles. The SMILES string of the molecule is O=C(NCC1(c2ccccc2)CCOCC1)[C@H]1C[C@H]2CC[C@H]1C2. The smallest absolute Gasteiger partial charge is 0.223 e. The molecule has 2 bridgehead atoms. The Hall–Kier alpha value is -1.35. The van der Waals surface area contributed by atoms with Gasteiger partial charge in [-0.1, -0.05) is 36.8 Å². The molecule has 1 aromatic carbocycles. The standard InChI is InChI=1S/C20H27NO2/c22-19(18-13-15-6-7-16(18)12-15)21-14-20(8-10-23-11-9-20)17-4-2-1-3-5-17/h1-5,15-16,18H,6-14H2,(H,21,22)/t15-,16-,18-/m0/s1. The molecule has 124 valence electrons. The lowest BCUT2D eigenvalue weighted by Gasteiger charge is -2.38. The minimum Gasteiger partial charge on any atom is -0.381 e. The number of hydrogen-bond donors (Lipinski definition) is 1. The van der Waals surface area contributed by atoms with E-state index in [0.717, 1.165) is 44.9 Å². The van der Waals surface area contributed by atoms with E-state index >= 15 is 0 Å². The van der Waals surface area contributed by atoms with Crippen LogP contribution in [0.15, 0.2) is 30.3 Å². The minimum absolute atomic E-state index is 0.0484. The maximum atomic E-state index is 12.7. The Morgan fingerprint density at radius 2 is 1.91 bits per heavy atom. The average Bonchev–Trinajstić information content (AvgIpc) is 3.25. The molecule has 1 aliphatic heterocycles. The number of rotatable bonds is 4. The van der Waals surface area contributed by atoms with Crippen molar-refractivity contribution in [1.29, 1.82) is 0 Å². The fourth-order valence-electron chi connectivity index (χ4n) is 5.07. The van der Waals surface area contributed by atoms with Crippen molar-refractivity contribution in [3.8, 4) is 0 Å². The Morgan fingerprint density at radius 1 is 1.13 bits per heavy atom. The third-order valence-electron chi connectivity index (χ3n) is 6.51.